The molecule has 30 heavy (non-hydrogen) atoms. The van der Waals surface area contributed by atoms with Gasteiger partial charge in [-0.3, -0.25) is 4.79 Å². The van der Waals surface area contributed by atoms with Crippen LogP contribution in [0.2, 0.25) is 0 Å². The molecule has 0 spiro atoms. The molecule has 2 aliphatic rings. The Labute approximate surface area is 176 Å². The van der Waals surface area contributed by atoms with Crippen LogP contribution in [0.3, 0.4) is 0 Å². The predicted octanol–water partition coefficient (Wildman–Crippen LogP) is -2.16. The number of sulfone groups is 1. The van der Waals surface area contributed by atoms with E-state index >= 15 is 0 Å². The van der Waals surface area contributed by atoms with E-state index in [1.54, 1.807) is 0 Å². The lowest BCUT2D eigenvalue weighted by molar-refractivity contribution is -0.865. The van der Waals surface area contributed by atoms with E-state index in [4.69, 9.17) is 4.74 Å². The number of amides is 1. The van der Waals surface area contributed by atoms with Gasteiger partial charge in [0.25, 0.3) is 5.91 Å². The van der Waals surface area contributed by atoms with Crippen molar-refractivity contribution in [3.8, 4) is 0 Å². The average molecular weight is 455 g/mol. The van der Waals surface area contributed by atoms with Crippen molar-refractivity contribution in [1.82, 2.24) is 5.32 Å². The molecule has 5 N–H and O–H groups in total. The predicted molar refractivity (Wildman–Crippen MR) is 106 cm³/mol. The third kappa shape index (κ3) is 5.30. The molecule has 1 amide bonds. The number of likely N-dealkylation sites (N-methyl/N-ethyl adjacent to an activating group) is 1. The number of hydrogen-bond donors (Lipinski definition) is 5. The molecule has 176 valence electrons. The SMILES string of the molecule is CCC[C@@H]1C[C@@H](C(=O)N[C@H](C(C)O)[C@H]2O[C@H](S(C)(=O)=O)[C@H](O)[C@@H](O)[C@@H]2O)[N@+](C)([O-])C1. The fourth-order valence-corrected chi connectivity index (χ4v) is 5.49. The van der Waals surface area contributed by atoms with Crippen LogP contribution in [-0.4, -0.2) is 107 Å². The summed E-state index contributed by atoms with van der Waals surface area (Å²) in [5.41, 5.74) is -1.85. The van der Waals surface area contributed by atoms with E-state index < -0.39 is 68.4 Å². The topological polar surface area (TPSA) is 176 Å². The molecular formula is C18H34N2O9S. The van der Waals surface area contributed by atoms with Crippen molar-refractivity contribution in [2.24, 2.45) is 5.92 Å². The molecule has 0 bridgehead atoms. The summed E-state index contributed by atoms with van der Waals surface area (Å²) in [6.07, 6.45) is -5.53. The molecule has 0 aromatic carbocycles. The Morgan fingerprint density at radius 1 is 1.27 bits per heavy atom. The Morgan fingerprint density at radius 2 is 1.87 bits per heavy atom. The number of likely N-dealkylation sites (tertiary alicyclic amines) is 1. The summed E-state index contributed by atoms with van der Waals surface area (Å²) in [6.45, 7) is 3.58. The average Bonchev–Trinajstić information content (AvgIpc) is 2.91. The number of quaternary nitrogens is 1. The number of hydrogen-bond acceptors (Lipinski definition) is 9. The Morgan fingerprint density at radius 3 is 2.37 bits per heavy atom. The molecule has 0 aromatic heterocycles. The normalized spacial score (nSPS) is 42.0. The van der Waals surface area contributed by atoms with E-state index in [-0.39, 0.29) is 12.5 Å². The fraction of sp³-hybridized carbons (Fsp3) is 0.944. The van der Waals surface area contributed by atoms with E-state index in [9.17, 15) is 38.8 Å². The number of aliphatic hydroxyl groups is 4. The minimum atomic E-state index is -3.99. The molecule has 2 fully saturated rings. The number of carbonyl (C=O) groups excluding carboxylic acids is 1. The Hall–Kier alpha value is -0.860. The Bertz CT molecular complexity index is 714. The van der Waals surface area contributed by atoms with E-state index in [1.807, 2.05) is 6.92 Å². The van der Waals surface area contributed by atoms with Crippen LogP contribution in [0.1, 0.15) is 33.1 Å². The van der Waals surface area contributed by atoms with Gasteiger partial charge in [0.15, 0.2) is 21.3 Å². The molecule has 2 heterocycles. The van der Waals surface area contributed by atoms with Gasteiger partial charge in [0.1, 0.15) is 24.4 Å². The van der Waals surface area contributed by atoms with Crippen LogP contribution in [0.25, 0.3) is 0 Å². The van der Waals surface area contributed by atoms with Gasteiger partial charge < -0.3 is 40.3 Å². The first-order valence-corrected chi connectivity index (χ1v) is 12.1. The third-order valence-corrected chi connectivity index (χ3v) is 7.28. The largest absolute Gasteiger partial charge is 0.632 e. The summed E-state index contributed by atoms with van der Waals surface area (Å²) in [5.74, 6) is -0.564. The lowest BCUT2D eigenvalue weighted by Crippen LogP contribution is -2.67. The van der Waals surface area contributed by atoms with Crippen LogP contribution in [0.5, 0.6) is 0 Å². The maximum absolute atomic E-state index is 12.9. The molecule has 0 aliphatic carbocycles. The van der Waals surface area contributed by atoms with Gasteiger partial charge in [-0.25, -0.2) is 8.42 Å². The van der Waals surface area contributed by atoms with E-state index in [0.29, 0.717) is 6.42 Å². The van der Waals surface area contributed by atoms with Crippen LogP contribution in [0, 0.1) is 11.1 Å². The van der Waals surface area contributed by atoms with Gasteiger partial charge in [-0.1, -0.05) is 13.3 Å². The first-order valence-electron chi connectivity index (χ1n) is 10.1. The molecule has 11 nitrogen and oxygen atoms in total. The molecule has 0 aromatic rings. The minimum absolute atomic E-state index is 0.0846. The van der Waals surface area contributed by atoms with Crippen molar-refractivity contribution in [3.63, 3.8) is 0 Å². The van der Waals surface area contributed by atoms with Gasteiger partial charge in [-0.2, -0.15) is 0 Å². The molecule has 2 saturated heterocycles. The van der Waals surface area contributed by atoms with Gasteiger partial charge in [0, 0.05) is 18.6 Å². The van der Waals surface area contributed by atoms with Gasteiger partial charge >= 0.3 is 0 Å². The van der Waals surface area contributed by atoms with Gasteiger partial charge in [0.2, 0.25) is 0 Å². The highest BCUT2D eigenvalue weighted by molar-refractivity contribution is 7.91. The van der Waals surface area contributed by atoms with Gasteiger partial charge in [-0.15, -0.1) is 0 Å². The fourth-order valence-electron chi connectivity index (χ4n) is 4.49. The lowest BCUT2D eigenvalue weighted by Gasteiger charge is -2.44. The standard InChI is InChI=1S/C18H34N2O9S/c1-5-6-10-7-11(20(3,26)8-10)17(25)19-12(9(2)21)16-14(23)13(22)15(24)18(29-16)30(4,27)28/h9-16,18,21-24H,5-8H2,1-4H3,(H,19,25)/t9?,10-,11+,12-,13+,14+,15-,16-,18-,20-/m1/s1. The number of hydroxylamine groups is 3. The molecular weight excluding hydrogens is 420 g/mol. The van der Waals surface area contributed by atoms with Crippen molar-refractivity contribution in [2.75, 3.05) is 19.8 Å². The third-order valence-electron chi connectivity index (χ3n) is 6.05. The second-order valence-corrected chi connectivity index (χ2v) is 10.9. The van der Waals surface area contributed by atoms with Crippen LogP contribution in [-0.2, 0) is 19.4 Å². The van der Waals surface area contributed by atoms with E-state index in [0.717, 1.165) is 19.1 Å². The van der Waals surface area contributed by atoms with Crippen molar-refractivity contribution in [1.29, 1.82) is 0 Å². The van der Waals surface area contributed by atoms with E-state index in [1.165, 1.54) is 14.0 Å². The van der Waals surface area contributed by atoms with E-state index in [2.05, 4.69) is 5.32 Å². The second kappa shape index (κ2) is 9.33. The monoisotopic (exact) mass is 454 g/mol. The summed E-state index contributed by atoms with van der Waals surface area (Å²) in [5, 5.41) is 56.0. The molecule has 10 atom stereocenters. The summed E-state index contributed by atoms with van der Waals surface area (Å²) >= 11 is 0. The highest BCUT2D eigenvalue weighted by Gasteiger charge is 2.52. The molecule has 0 radical (unpaired) electrons. The lowest BCUT2D eigenvalue weighted by atomic mass is 9.92. The Kier molecular flexibility index (Phi) is 7.90. The summed E-state index contributed by atoms with van der Waals surface area (Å²) in [6, 6.07) is -2.24. The smallest absolute Gasteiger partial charge is 0.279 e. The van der Waals surface area contributed by atoms with Crippen molar-refractivity contribution < 1.29 is 43.0 Å². The second-order valence-electron chi connectivity index (χ2n) is 8.81. The van der Waals surface area contributed by atoms with Crippen LogP contribution < -0.4 is 5.32 Å². The summed E-state index contributed by atoms with van der Waals surface area (Å²) in [4.78, 5) is 12.9. The van der Waals surface area contributed by atoms with Crippen LogP contribution >= 0.6 is 0 Å². The van der Waals surface area contributed by atoms with Crippen LogP contribution in [0.15, 0.2) is 0 Å². The maximum atomic E-state index is 12.9. The van der Waals surface area contributed by atoms with Crippen molar-refractivity contribution >= 4 is 15.7 Å². The Balaban J connectivity index is 2.23. The highest BCUT2D eigenvalue weighted by Crippen LogP contribution is 2.32. The summed E-state index contributed by atoms with van der Waals surface area (Å²) < 4.78 is 28.4. The van der Waals surface area contributed by atoms with Gasteiger partial charge in [0.05, 0.1) is 25.7 Å². The number of nitrogens with one attached hydrogen (secondary N) is 1. The van der Waals surface area contributed by atoms with Gasteiger partial charge in [-0.05, 0) is 13.3 Å². The molecule has 0 saturated carbocycles. The number of aliphatic hydroxyl groups excluding tert-OH is 4. The molecule has 12 heteroatoms. The molecule has 2 rings (SSSR count). The van der Waals surface area contributed by atoms with Crippen molar-refractivity contribution in [2.45, 2.75) is 81.1 Å². The minimum Gasteiger partial charge on any atom is -0.632 e. The highest BCUT2D eigenvalue weighted by atomic mass is 32.2. The quantitative estimate of drug-likeness (QED) is 0.212. The first-order chi connectivity index (χ1) is 13.7. The number of rotatable bonds is 7. The first kappa shape index (κ1) is 25.4. The molecule has 1 unspecified atom stereocenters. The molecule has 2 aliphatic heterocycles. The number of nitrogens with zero attached hydrogens (tertiary/aromatic N) is 1. The zero-order chi connectivity index (χ0) is 23.0. The van der Waals surface area contributed by atoms with Crippen LogP contribution in [0.4, 0.5) is 0 Å². The number of carbonyl (C=O) groups is 1. The zero-order valence-electron chi connectivity index (χ0n) is 17.7. The summed E-state index contributed by atoms with van der Waals surface area (Å²) in [7, 11) is -2.58. The maximum Gasteiger partial charge on any atom is 0.279 e. The van der Waals surface area contributed by atoms with Crippen molar-refractivity contribution in [3.05, 3.63) is 5.21 Å². The zero-order valence-corrected chi connectivity index (χ0v) is 18.5. The number of ether oxygens (including phenoxy) is 1.